The summed E-state index contributed by atoms with van der Waals surface area (Å²) in [4.78, 5) is 14.0. The van der Waals surface area contributed by atoms with E-state index in [1.807, 2.05) is 6.92 Å². The third-order valence-electron chi connectivity index (χ3n) is 5.67. The van der Waals surface area contributed by atoms with Crippen molar-refractivity contribution in [3.63, 3.8) is 0 Å². The highest BCUT2D eigenvalue weighted by Crippen LogP contribution is 2.28. The first kappa shape index (κ1) is 17.6. The Kier molecular flexibility index (Phi) is 5.37. The second kappa shape index (κ2) is 7.33. The molecule has 2 aliphatic heterocycles. The molecule has 0 aromatic carbocycles. The van der Waals surface area contributed by atoms with Gasteiger partial charge in [-0.05, 0) is 60.4 Å². The number of hydrogen-bond acceptors (Lipinski definition) is 6. The number of anilines is 1. The second-order valence-electron chi connectivity index (χ2n) is 7.56. The summed E-state index contributed by atoms with van der Waals surface area (Å²) in [6.45, 7) is 6.81. The van der Waals surface area contributed by atoms with Crippen LogP contribution in [0.15, 0.2) is 6.07 Å². The van der Waals surface area contributed by atoms with Gasteiger partial charge in [0.2, 0.25) is 0 Å². The van der Waals surface area contributed by atoms with Crippen molar-refractivity contribution in [2.45, 2.75) is 37.6 Å². The van der Waals surface area contributed by atoms with E-state index >= 15 is 0 Å². The minimum atomic E-state index is 0.196. The van der Waals surface area contributed by atoms with E-state index in [1.54, 1.807) is 0 Å². The molecule has 3 heterocycles. The quantitative estimate of drug-likeness (QED) is 0.886. The molecular formula is C18H31N5O. The van der Waals surface area contributed by atoms with Gasteiger partial charge < -0.3 is 19.9 Å². The van der Waals surface area contributed by atoms with Crippen LogP contribution < -0.4 is 5.32 Å². The van der Waals surface area contributed by atoms with Gasteiger partial charge in [-0.2, -0.15) is 0 Å². The first-order valence-corrected chi connectivity index (χ1v) is 9.02. The summed E-state index contributed by atoms with van der Waals surface area (Å²) in [5.74, 6) is 2.20. The predicted octanol–water partition coefficient (Wildman–Crippen LogP) is 1.73. The highest BCUT2D eigenvalue weighted by molar-refractivity contribution is 5.38. The van der Waals surface area contributed by atoms with Gasteiger partial charge in [0.1, 0.15) is 11.6 Å². The van der Waals surface area contributed by atoms with E-state index in [4.69, 9.17) is 4.74 Å². The maximum atomic E-state index is 5.51. The number of likely N-dealkylation sites (N-methyl/N-ethyl adjacent to an activating group) is 1. The largest absolute Gasteiger partial charge is 0.381 e. The molecule has 0 saturated carbocycles. The summed E-state index contributed by atoms with van der Waals surface area (Å²) in [6, 6.07) is 2.12. The molecule has 0 spiro atoms. The predicted molar refractivity (Wildman–Crippen MR) is 96.6 cm³/mol. The van der Waals surface area contributed by atoms with Gasteiger partial charge in [-0.15, -0.1) is 0 Å². The fourth-order valence-electron chi connectivity index (χ4n) is 3.73. The van der Waals surface area contributed by atoms with Crippen LogP contribution >= 0.6 is 0 Å². The van der Waals surface area contributed by atoms with Crippen molar-refractivity contribution >= 4 is 5.82 Å². The minimum Gasteiger partial charge on any atom is -0.381 e. The zero-order valence-electron chi connectivity index (χ0n) is 15.5. The topological polar surface area (TPSA) is 53.5 Å². The van der Waals surface area contributed by atoms with Gasteiger partial charge in [-0.25, -0.2) is 9.97 Å². The highest BCUT2D eigenvalue weighted by atomic mass is 16.5. The van der Waals surface area contributed by atoms with E-state index in [2.05, 4.69) is 52.3 Å². The molecule has 24 heavy (non-hydrogen) atoms. The normalized spacial score (nSPS) is 24.5. The standard InChI is InChI=1S/C18H31N5O/c1-14-20-16(15-5-10-24-12-15)11-17(21-14)19-13-18(22(2)3)6-8-23(4)9-7-18/h11,15H,5-10,12-13H2,1-4H3,(H,19,20,21)/t15-/m1/s1. The molecule has 1 N–H and O–H groups in total. The van der Waals surface area contributed by atoms with E-state index in [0.717, 1.165) is 56.6 Å². The third-order valence-corrected chi connectivity index (χ3v) is 5.67. The number of aryl methyl sites for hydroxylation is 1. The number of nitrogens with one attached hydrogen (secondary N) is 1. The van der Waals surface area contributed by atoms with Crippen LogP contribution in [0.2, 0.25) is 0 Å². The molecule has 2 saturated heterocycles. The molecule has 3 rings (SSSR count). The lowest BCUT2D eigenvalue weighted by atomic mass is 9.86. The Labute approximate surface area is 145 Å². The number of nitrogens with zero attached hydrogens (tertiary/aromatic N) is 4. The van der Waals surface area contributed by atoms with Crippen molar-refractivity contribution < 1.29 is 4.74 Å². The summed E-state index contributed by atoms with van der Waals surface area (Å²) in [6.07, 6.45) is 3.41. The van der Waals surface area contributed by atoms with Crippen LogP contribution in [-0.4, -0.2) is 79.3 Å². The molecule has 0 unspecified atom stereocenters. The van der Waals surface area contributed by atoms with Crippen LogP contribution in [-0.2, 0) is 4.74 Å². The summed E-state index contributed by atoms with van der Waals surface area (Å²) in [5.41, 5.74) is 1.31. The summed E-state index contributed by atoms with van der Waals surface area (Å²) >= 11 is 0. The molecule has 1 aromatic heterocycles. The Morgan fingerprint density at radius 2 is 2.08 bits per heavy atom. The van der Waals surface area contributed by atoms with Crippen LogP contribution in [0, 0.1) is 6.92 Å². The molecule has 6 heteroatoms. The van der Waals surface area contributed by atoms with Gasteiger partial charge in [-0.3, -0.25) is 0 Å². The maximum Gasteiger partial charge on any atom is 0.130 e. The Morgan fingerprint density at radius 1 is 1.33 bits per heavy atom. The zero-order valence-corrected chi connectivity index (χ0v) is 15.5. The third kappa shape index (κ3) is 3.87. The fraction of sp³-hybridized carbons (Fsp3) is 0.778. The summed E-state index contributed by atoms with van der Waals surface area (Å²) in [5, 5.41) is 3.60. The molecule has 0 aliphatic carbocycles. The van der Waals surface area contributed by atoms with Crippen molar-refractivity contribution in [3.05, 3.63) is 17.6 Å². The molecule has 2 aliphatic rings. The average Bonchev–Trinajstić information content (AvgIpc) is 3.08. The van der Waals surface area contributed by atoms with E-state index in [1.165, 1.54) is 12.8 Å². The van der Waals surface area contributed by atoms with Crippen molar-refractivity contribution in [2.75, 3.05) is 59.3 Å². The van der Waals surface area contributed by atoms with Crippen LogP contribution in [0.3, 0.4) is 0 Å². The van der Waals surface area contributed by atoms with Gasteiger partial charge in [0, 0.05) is 30.7 Å². The molecular weight excluding hydrogens is 302 g/mol. The van der Waals surface area contributed by atoms with Crippen molar-refractivity contribution in [1.29, 1.82) is 0 Å². The van der Waals surface area contributed by atoms with Gasteiger partial charge in [0.25, 0.3) is 0 Å². The zero-order chi connectivity index (χ0) is 17.2. The fourth-order valence-corrected chi connectivity index (χ4v) is 3.73. The first-order valence-electron chi connectivity index (χ1n) is 9.02. The second-order valence-corrected chi connectivity index (χ2v) is 7.56. The number of piperidine rings is 1. The number of hydrogen-bond donors (Lipinski definition) is 1. The molecule has 2 fully saturated rings. The summed E-state index contributed by atoms with van der Waals surface area (Å²) < 4.78 is 5.51. The Bertz CT molecular complexity index is 548. The molecule has 0 amide bonds. The molecule has 1 atom stereocenters. The maximum absolute atomic E-state index is 5.51. The van der Waals surface area contributed by atoms with E-state index in [-0.39, 0.29) is 5.54 Å². The monoisotopic (exact) mass is 333 g/mol. The SMILES string of the molecule is Cc1nc(NCC2(N(C)C)CCN(C)CC2)cc([C@@H]2CCOC2)n1. The van der Waals surface area contributed by atoms with Crippen LogP contribution in [0.1, 0.15) is 36.7 Å². The number of likely N-dealkylation sites (tertiary alicyclic amines) is 1. The van der Waals surface area contributed by atoms with Gasteiger partial charge in [-0.1, -0.05) is 0 Å². The molecule has 6 nitrogen and oxygen atoms in total. The Balaban J connectivity index is 1.70. The molecule has 1 aromatic rings. The molecule has 0 radical (unpaired) electrons. The number of aromatic nitrogens is 2. The average molecular weight is 333 g/mol. The lowest BCUT2D eigenvalue weighted by Gasteiger charge is -2.45. The van der Waals surface area contributed by atoms with Gasteiger partial charge >= 0.3 is 0 Å². The van der Waals surface area contributed by atoms with Gasteiger partial charge in [0.05, 0.1) is 12.3 Å². The number of ether oxygens (including phenoxy) is 1. The smallest absolute Gasteiger partial charge is 0.130 e. The van der Waals surface area contributed by atoms with Crippen LogP contribution in [0.5, 0.6) is 0 Å². The Hall–Kier alpha value is -1.24. The summed E-state index contributed by atoms with van der Waals surface area (Å²) in [7, 11) is 6.59. The van der Waals surface area contributed by atoms with Crippen molar-refractivity contribution in [3.8, 4) is 0 Å². The van der Waals surface area contributed by atoms with Crippen molar-refractivity contribution in [1.82, 2.24) is 19.8 Å². The Morgan fingerprint density at radius 3 is 2.71 bits per heavy atom. The molecule has 0 bridgehead atoms. The highest BCUT2D eigenvalue weighted by Gasteiger charge is 2.35. The van der Waals surface area contributed by atoms with E-state index in [9.17, 15) is 0 Å². The van der Waals surface area contributed by atoms with Gasteiger partial charge in [0.15, 0.2) is 0 Å². The lowest BCUT2D eigenvalue weighted by molar-refractivity contribution is 0.0773. The first-order chi connectivity index (χ1) is 11.5. The minimum absolute atomic E-state index is 0.196. The van der Waals surface area contributed by atoms with Crippen LogP contribution in [0.25, 0.3) is 0 Å². The van der Waals surface area contributed by atoms with Crippen molar-refractivity contribution in [2.24, 2.45) is 0 Å². The van der Waals surface area contributed by atoms with E-state index < -0.39 is 0 Å². The molecule has 134 valence electrons. The number of rotatable bonds is 5. The van der Waals surface area contributed by atoms with Crippen LogP contribution in [0.4, 0.5) is 5.82 Å². The lowest BCUT2D eigenvalue weighted by Crippen LogP contribution is -2.55. The van der Waals surface area contributed by atoms with E-state index in [0.29, 0.717) is 5.92 Å².